The average molecular weight is 168 g/mol. The van der Waals surface area contributed by atoms with E-state index < -0.39 is 0 Å². The average Bonchev–Trinajstić information content (AvgIpc) is 2.33. The topological polar surface area (TPSA) is 37.8 Å². The van der Waals surface area contributed by atoms with Crippen molar-refractivity contribution in [2.45, 2.75) is 33.1 Å². The van der Waals surface area contributed by atoms with E-state index in [0.717, 1.165) is 30.5 Å². The molecule has 1 N–H and O–H groups in total. The quantitative estimate of drug-likeness (QED) is 0.724. The van der Waals surface area contributed by atoms with Crippen LogP contribution in [0.5, 0.6) is 0 Å². The minimum atomic E-state index is 0.133. The van der Waals surface area contributed by atoms with Crippen LogP contribution in [0.1, 0.15) is 31.5 Å². The number of hydrogen-bond acceptors (Lipinski definition) is 1. The second-order valence-corrected chi connectivity index (χ2v) is 3.04. The first-order valence-corrected chi connectivity index (χ1v) is 4.47. The van der Waals surface area contributed by atoms with E-state index in [1.807, 2.05) is 0 Å². The minimum absolute atomic E-state index is 0.133. The molecular weight excluding hydrogens is 152 g/mol. The molecule has 0 amide bonds. The molecule has 0 aliphatic carbocycles. The molecule has 0 fully saturated rings. The molecule has 1 rings (SSSR count). The number of aromatic amines is 1. The number of rotatable bonds is 3. The van der Waals surface area contributed by atoms with Crippen LogP contribution in [0.25, 0.3) is 0 Å². The fourth-order valence-corrected chi connectivity index (χ4v) is 1.45. The molecule has 0 saturated carbocycles. The first-order chi connectivity index (χ1) is 5.70. The summed E-state index contributed by atoms with van der Waals surface area (Å²) in [5, 5.41) is 3.05. The Hall–Kier alpha value is -0.990. The Morgan fingerprint density at radius 1 is 1.42 bits per heavy atom. The Labute approximate surface area is 72.4 Å². The van der Waals surface area contributed by atoms with Crippen LogP contribution in [0.4, 0.5) is 0 Å². The van der Waals surface area contributed by atoms with Gasteiger partial charge in [0.05, 0.1) is 0 Å². The summed E-state index contributed by atoms with van der Waals surface area (Å²) in [5.41, 5.74) is 2.18. The lowest BCUT2D eigenvalue weighted by molar-refractivity contribution is 0.722. The SMILES string of the molecule is CCCc1c(CC)[nH]n(C)c1=O. The largest absolute Gasteiger partial charge is 0.300 e. The summed E-state index contributed by atoms with van der Waals surface area (Å²) in [7, 11) is 1.76. The highest BCUT2D eigenvalue weighted by molar-refractivity contribution is 5.17. The van der Waals surface area contributed by atoms with Crippen LogP contribution >= 0.6 is 0 Å². The zero-order valence-corrected chi connectivity index (χ0v) is 7.98. The van der Waals surface area contributed by atoms with Crippen LogP contribution in [0.15, 0.2) is 4.79 Å². The van der Waals surface area contributed by atoms with Crippen LogP contribution in [-0.4, -0.2) is 9.78 Å². The predicted molar refractivity (Wildman–Crippen MR) is 49.4 cm³/mol. The number of nitrogens with one attached hydrogen (secondary N) is 1. The molecule has 0 spiro atoms. The summed E-state index contributed by atoms with van der Waals surface area (Å²) in [6.07, 6.45) is 2.82. The monoisotopic (exact) mass is 168 g/mol. The molecule has 0 radical (unpaired) electrons. The van der Waals surface area contributed by atoms with Crippen LogP contribution in [0.3, 0.4) is 0 Å². The van der Waals surface area contributed by atoms with Gasteiger partial charge in [-0.25, -0.2) is 0 Å². The minimum Gasteiger partial charge on any atom is -0.300 e. The number of H-pyrrole nitrogens is 1. The third kappa shape index (κ3) is 1.44. The van der Waals surface area contributed by atoms with E-state index in [2.05, 4.69) is 18.9 Å². The van der Waals surface area contributed by atoms with E-state index in [0.29, 0.717) is 0 Å². The van der Waals surface area contributed by atoms with Crippen molar-refractivity contribution in [1.29, 1.82) is 0 Å². The van der Waals surface area contributed by atoms with Crippen LogP contribution in [0, 0.1) is 0 Å². The van der Waals surface area contributed by atoms with Gasteiger partial charge in [-0.3, -0.25) is 14.6 Å². The molecular formula is C9H16N2O. The van der Waals surface area contributed by atoms with Crippen LogP contribution in [0.2, 0.25) is 0 Å². The van der Waals surface area contributed by atoms with Gasteiger partial charge in [-0.2, -0.15) is 0 Å². The molecule has 0 bridgehead atoms. The molecule has 0 unspecified atom stereocenters. The van der Waals surface area contributed by atoms with E-state index >= 15 is 0 Å². The molecule has 1 aromatic heterocycles. The standard InChI is InChI=1S/C9H16N2O/c1-4-6-7-8(5-2)10-11(3)9(7)12/h10H,4-6H2,1-3H3. The van der Waals surface area contributed by atoms with Gasteiger partial charge < -0.3 is 0 Å². The number of hydrogen-bond donors (Lipinski definition) is 1. The summed E-state index contributed by atoms with van der Waals surface area (Å²) in [6.45, 7) is 4.15. The predicted octanol–water partition coefficient (Wildman–Crippen LogP) is 1.23. The highest BCUT2D eigenvalue weighted by Crippen LogP contribution is 2.03. The summed E-state index contributed by atoms with van der Waals surface area (Å²) in [6, 6.07) is 0. The Kier molecular flexibility index (Phi) is 2.74. The molecule has 0 aliphatic heterocycles. The lowest BCUT2D eigenvalue weighted by Gasteiger charge is -1.94. The summed E-state index contributed by atoms with van der Waals surface area (Å²) in [4.78, 5) is 11.5. The molecule has 0 atom stereocenters. The zero-order chi connectivity index (χ0) is 9.14. The molecule has 1 heterocycles. The second kappa shape index (κ2) is 3.61. The molecule has 3 nitrogen and oxygen atoms in total. The van der Waals surface area contributed by atoms with Gasteiger partial charge in [0.1, 0.15) is 0 Å². The summed E-state index contributed by atoms with van der Waals surface area (Å²) in [5.74, 6) is 0. The molecule has 0 aliphatic rings. The van der Waals surface area contributed by atoms with Crippen molar-refractivity contribution >= 4 is 0 Å². The zero-order valence-electron chi connectivity index (χ0n) is 7.98. The third-order valence-corrected chi connectivity index (χ3v) is 2.08. The first-order valence-electron chi connectivity index (χ1n) is 4.47. The molecule has 68 valence electrons. The Morgan fingerprint density at radius 3 is 2.58 bits per heavy atom. The highest BCUT2D eigenvalue weighted by Gasteiger charge is 2.08. The molecule has 1 aromatic rings. The number of nitrogens with zero attached hydrogens (tertiary/aromatic N) is 1. The van der Waals surface area contributed by atoms with Crippen LogP contribution in [-0.2, 0) is 19.9 Å². The van der Waals surface area contributed by atoms with Gasteiger partial charge in [0.15, 0.2) is 0 Å². The lowest BCUT2D eigenvalue weighted by atomic mass is 10.1. The maximum Gasteiger partial charge on any atom is 0.269 e. The van der Waals surface area contributed by atoms with Crippen molar-refractivity contribution < 1.29 is 0 Å². The van der Waals surface area contributed by atoms with Gasteiger partial charge in [0.25, 0.3) is 5.56 Å². The van der Waals surface area contributed by atoms with Crippen molar-refractivity contribution in [3.63, 3.8) is 0 Å². The summed E-state index contributed by atoms with van der Waals surface area (Å²) < 4.78 is 1.56. The van der Waals surface area contributed by atoms with Crippen molar-refractivity contribution in [2.24, 2.45) is 7.05 Å². The molecule has 0 saturated heterocycles. The molecule has 12 heavy (non-hydrogen) atoms. The van der Waals surface area contributed by atoms with Crippen molar-refractivity contribution in [2.75, 3.05) is 0 Å². The first kappa shape index (κ1) is 9.10. The Bertz CT molecular complexity index is 309. The highest BCUT2D eigenvalue weighted by atomic mass is 16.1. The smallest absolute Gasteiger partial charge is 0.269 e. The number of aromatic nitrogens is 2. The van der Waals surface area contributed by atoms with E-state index in [-0.39, 0.29) is 5.56 Å². The van der Waals surface area contributed by atoms with Gasteiger partial charge in [0, 0.05) is 18.3 Å². The normalized spacial score (nSPS) is 10.6. The summed E-state index contributed by atoms with van der Waals surface area (Å²) >= 11 is 0. The second-order valence-electron chi connectivity index (χ2n) is 3.04. The third-order valence-electron chi connectivity index (χ3n) is 2.08. The molecule has 0 aromatic carbocycles. The molecule has 3 heteroatoms. The van der Waals surface area contributed by atoms with Crippen molar-refractivity contribution in [3.8, 4) is 0 Å². The van der Waals surface area contributed by atoms with Crippen molar-refractivity contribution in [1.82, 2.24) is 9.78 Å². The number of aryl methyl sites for hydroxylation is 2. The fraction of sp³-hybridized carbons (Fsp3) is 0.667. The Morgan fingerprint density at radius 2 is 2.08 bits per heavy atom. The van der Waals surface area contributed by atoms with Gasteiger partial charge in [0.2, 0.25) is 0 Å². The van der Waals surface area contributed by atoms with Gasteiger partial charge in [-0.05, 0) is 12.8 Å². The van der Waals surface area contributed by atoms with E-state index in [9.17, 15) is 4.79 Å². The van der Waals surface area contributed by atoms with Crippen LogP contribution < -0.4 is 5.56 Å². The van der Waals surface area contributed by atoms with E-state index in [4.69, 9.17) is 0 Å². The van der Waals surface area contributed by atoms with Gasteiger partial charge in [-0.15, -0.1) is 0 Å². The van der Waals surface area contributed by atoms with E-state index in [1.54, 1.807) is 11.7 Å². The van der Waals surface area contributed by atoms with Gasteiger partial charge in [-0.1, -0.05) is 20.3 Å². The fourth-order valence-electron chi connectivity index (χ4n) is 1.45. The van der Waals surface area contributed by atoms with Gasteiger partial charge >= 0.3 is 0 Å². The Balaban J connectivity index is 3.12. The maximum atomic E-state index is 11.5. The van der Waals surface area contributed by atoms with E-state index in [1.165, 1.54) is 0 Å². The lowest BCUT2D eigenvalue weighted by Crippen LogP contribution is -2.15. The maximum absolute atomic E-state index is 11.5. The van der Waals surface area contributed by atoms with Crippen molar-refractivity contribution in [3.05, 3.63) is 21.6 Å².